The van der Waals surface area contributed by atoms with E-state index in [0.29, 0.717) is 0 Å². The molecular weight excluding hydrogens is 278 g/mol. The summed E-state index contributed by atoms with van der Waals surface area (Å²) >= 11 is 3.39. The van der Waals surface area contributed by atoms with Crippen LogP contribution in [0, 0.1) is 0 Å². The molecule has 1 N–H and O–H groups in total. The lowest BCUT2D eigenvalue weighted by Crippen LogP contribution is -2.15. The Morgan fingerprint density at radius 1 is 1.32 bits per heavy atom. The normalized spacial score (nSPS) is 11.5. The summed E-state index contributed by atoms with van der Waals surface area (Å²) in [7, 11) is 2.09. The van der Waals surface area contributed by atoms with Gasteiger partial charge in [0.2, 0.25) is 0 Å². The number of carbonyl (C=O) groups is 1. The van der Waals surface area contributed by atoms with Gasteiger partial charge in [-0.3, -0.25) is 4.90 Å². The summed E-state index contributed by atoms with van der Waals surface area (Å²) in [6.07, 6.45) is 2.81. The molecule has 2 aromatic rings. The first kappa shape index (κ1) is 14.0. The van der Waals surface area contributed by atoms with Crippen molar-refractivity contribution < 1.29 is 9.90 Å². The van der Waals surface area contributed by atoms with Gasteiger partial charge in [0.15, 0.2) is 0 Å². The zero-order valence-electron chi connectivity index (χ0n) is 10.6. The Morgan fingerprint density at radius 2 is 2.11 bits per heavy atom. The van der Waals surface area contributed by atoms with E-state index in [1.165, 1.54) is 15.8 Å². The maximum Gasteiger partial charge on any atom is 0.328 e. The maximum absolute atomic E-state index is 10.4. The van der Waals surface area contributed by atoms with Crippen LogP contribution in [-0.2, 0) is 17.9 Å². The van der Waals surface area contributed by atoms with E-state index in [9.17, 15) is 4.79 Å². The minimum absolute atomic E-state index is 0.878. The van der Waals surface area contributed by atoms with Crippen molar-refractivity contribution in [3.8, 4) is 0 Å². The number of hydrogen-bond donors (Lipinski definition) is 1. The Labute approximate surface area is 120 Å². The summed E-state index contributed by atoms with van der Waals surface area (Å²) < 4.78 is 0. The molecule has 2 aromatic heterocycles. The van der Waals surface area contributed by atoms with Gasteiger partial charge in [-0.25, -0.2) is 4.79 Å². The van der Waals surface area contributed by atoms with Crippen LogP contribution >= 0.6 is 22.7 Å². The largest absolute Gasteiger partial charge is 0.478 e. The molecular formula is C14H15NO2S2. The number of thiophene rings is 2. The fourth-order valence-electron chi connectivity index (χ4n) is 1.71. The van der Waals surface area contributed by atoms with Crippen molar-refractivity contribution in [3.05, 3.63) is 50.4 Å². The summed E-state index contributed by atoms with van der Waals surface area (Å²) in [5.41, 5.74) is 0. The van der Waals surface area contributed by atoms with Gasteiger partial charge in [0.25, 0.3) is 0 Å². The highest BCUT2D eigenvalue weighted by Gasteiger charge is 2.04. The lowest BCUT2D eigenvalue weighted by Gasteiger charge is -2.14. The van der Waals surface area contributed by atoms with Gasteiger partial charge in [0, 0.05) is 33.8 Å². The molecule has 19 heavy (non-hydrogen) atoms. The molecule has 2 rings (SSSR count). The Kier molecular flexibility index (Phi) is 4.90. The monoisotopic (exact) mass is 293 g/mol. The first-order valence-corrected chi connectivity index (χ1v) is 7.54. The summed E-state index contributed by atoms with van der Waals surface area (Å²) in [6.45, 7) is 1.82. The third-order valence-corrected chi connectivity index (χ3v) is 4.40. The van der Waals surface area contributed by atoms with Crippen LogP contribution in [0.3, 0.4) is 0 Å². The van der Waals surface area contributed by atoms with Gasteiger partial charge in [-0.05, 0) is 36.7 Å². The Balaban J connectivity index is 1.90. The minimum Gasteiger partial charge on any atom is -0.478 e. The molecule has 0 bridgehead atoms. The minimum atomic E-state index is -0.912. The van der Waals surface area contributed by atoms with Gasteiger partial charge >= 0.3 is 5.97 Å². The topological polar surface area (TPSA) is 40.5 Å². The molecule has 0 aromatic carbocycles. The van der Waals surface area contributed by atoms with Crippen LogP contribution in [0.4, 0.5) is 0 Å². The lowest BCUT2D eigenvalue weighted by molar-refractivity contribution is -0.131. The molecule has 0 saturated heterocycles. The highest BCUT2D eigenvalue weighted by atomic mass is 32.1. The molecule has 0 fully saturated rings. The zero-order chi connectivity index (χ0) is 13.7. The third-order valence-electron chi connectivity index (χ3n) is 2.50. The Morgan fingerprint density at radius 3 is 2.79 bits per heavy atom. The van der Waals surface area contributed by atoms with Crippen molar-refractivity contribution in [2.24, 2.45) is 0 Å². The van der Waals surface area contributed by atoms with Crippen molar-refractivity contribution >= 4 is 34.7 Å². The zero-order valence-corrected chi connectivity index (χ0v) is 12.2. The molecule has 0 aliphatic rings. The van der Waals surface area contributed by atoms with E-state index < -0.39 is 5.97 Å². The fraction of sp³-hybridized carbons (Fsp3) is 0.214. The summed E-state index contributed by atoms with van der Waals surface area (Å²) in [5.74, 6) is -0.912. The summed E-state index contributed by atoms with van der Waals surface area (Å²) in [4.78, 5) is 16.3. The van der Waals surface area contributed by atoms with E-state index in [1.807, 2.05) is 6.07 Å². The molecule has 0 unspecified atom stereocenters. The second kappa shape index (κ2) is 6.65. The van der Waals surface area contributed by atoms with Crippen molar-refractivity contribution in [2.45, 2.75) is 13.1 Å². The van der Waals surface area contributed by atoms with E-state index >= 15 is 0 Å². The quantitative estimate of drug-likeness (QED) is 0.828. The van der Waals surface area contributed by atoms with Crippen LogP contribution < -0.4 is 0 Å². The van der Waals surface area contributed by atoms with Crippen LogP contribution in [-0.4, -0.2) is 23.0 Å². The Bertz CT molecular complexity index is 558. The number of carboxylic acids is 1. The predicted molar refractivity (Wildman–Crippen MR) is 80.5 cm³/mol. The SMILES string of the molecule is CN(Cc1cccs1)Cc1ccc(C=CC(=O)O)s1. The van der Waals surface area contributed by atoms with E-state index in [1.54, 1.807) is 28.7 Å². The van der Waals surface area contributed by atoms with Crippen molar-refractivity contribution in [1.29, 1.82) is 0 Å². The third kappa shape index (κ3) is 4.63. The number of rotatable bonds is 6. The van der Waals surface area contributed by atoms with Gasteiger partial charge in [0.1, 0.15) is 0 Å². The van der Waals surface area contributed by atoms with Crippen LogP contribution in [0.2, 0.25) is 0 Å². The second-order valence-corrected chi connectivity index (χ2v) is 6.46. The first-order valence-electron chi connectivity index (χ1n) is 5.84. The summed E-state index contributed by atoms with van der Waals surface area (Å²) in [5, 5.41) is 10.7. The highest BCUT2D eigenvalue weighted by molar-refractivity contribution is 7.12. The average Bonchev–Trinajstić information content (AvgIpc) is 2.98. The first-order chi connectivity index (χ1) is 9.13. The van der Waals surface area contributed by atoms with Gasteiger partial charge in [-0.1, -0.05) is 6.07 Å². The van der Waals surface area contributed by atoms with E-state index in [0.717, 1.165) is 18.0 Å². The van der Waals surface area contributed by atoms with E-state index in [-0.39, 0.29) is 0 Å². The molecule has 2 heterocycles. The van der Waals surface area contributed by atoms with Crippen LogP contribution in [0.15, 0.2) is 35.7 Å². The molecule has 3 nitrogen and oxygen atoms in total. The summed E-state index contributed by atoms with van der Waals surface area (Å²) in [6, 6.07) is 8.21. The molecule has 0 radical (unpaired) electrons. The highest BCUT2D eigenvalue weighted by Crippen LogP contribution is 2.20. The van der Waals surface area contributed by atoms with Gasteiger partial charge < -0.3 is 5.11 Å². The lowest BCUT2D eigenvalue weighted by atomic mass is 10.3. The Hall–Kier alpha value is -1.43. The molecule has 0 atom stereocenters. The van der Waals surface area contributed by atoms with E-state index in [2.05, 4.69) is 35.5 Å². The molecule has 0 saturated carbocycles. The molecule has 5 heteroatoms. The number of aliphatic carboxylic acids is 1. The van der Waals surface area contributed by atoms with Crippen LogP contribution in [0.5, 0.6) is 0 Å². The molecule has 0 aliphatic carbocycles. The van der Waals surface area contributed by atoms with Crippen molar-refractivity contribution in [3.63, 3.8) is 0 Å². The number of carboxylic acid groups (broad SMARTS) is 1. The average molecular weight is 293 g/mol. The standard InChI is InChI=1S/C14H15NO2S2/c1-15(9-12-3-2-8-18-12)10-13-5-4-11(19-13)6-7-14(16)17/h2-8H,9-10H2,1H3,(H,16,17). The van der Waals surface area contributed by atoms with Crippen LogP contribution in [0.1, 0.15) is 14.6 Å². The second-order valence-electron chi connectivity index (χ2n) is 4.23. The molecule has 100 valence electrons. The van der Waals surface area contributed by atoms with Crippen LogP contribution in [0.25, 0.3) is 6.08 Å². The predicted octanol–water partition coefficient (Wildman–Crippen LogP) is 3.54. The van der Waals surface area contributed by atoms with E-state index in [4.69, 9.17) is 5.11 Å². The van der Waals surface area contributed by atoms with Gasteiger partial charge in [-0.2, -0.15) is 0 Å². The fourth-order valence-corrected chi connectivity index (χ4v) is 3.49. The van der Waals surface area contributed by atoms with Gasteiger partial charge in [-0.15, -0.1) is 22.7 Å². The smallest absolute Gasteiger partial charge is 0.328 e. The molecule has 0 spiro atoms. The molecule has 0 amide bonds. The van der Waals surface area contributed by atoms with Crippen molar-refractivity contribution in [1.82, 2.24) is 4.90 Å². The molecule has 0 aliphatic heterocycles. The maximum atomic E-state index is 10.4. The number of hydrogen-bond acceptors (Lipinski definition) is 4. The van der Waals surface area contributed by atoms with Gasteiger partial charge in [0.05, 0.1) is 0 Å². The van der Waals surface area contributed by atoms with Crippen molar-refractivity contribution in [2.75, 3.05) is 7.05 Å². The number of nitrogens with zero attached hydrogens (tertiary/aromatic N) is 1.